The van der Waals surface area contributed by atoms with Crippen LogP contribution in [0.25, 0.3) is 0 Å². The van der Waals surface area contributed by atoms with Crippen molar-refractivity contribution < 1.29 is 24.5 Å². The first-order chi connectivity index (χ1) is 6.43. The zero-order valence-electron chi connectivity index (χ0n) is 7.22. The highest BCUT2D eigenvalue weighted by Crippen LogP contribution is 2.03. The minimum absolute atomic E-state index is 0.0299. The van der Waals surface area contributed by atoms with Crippen molar-refractivity contribution in [2.75, 3.05) is 0 Å². The number of nitrogens with zero attached hydrogens (tertiary/aromatic N) is 1. The van der Waals surface area contributed by atoms with Crippen molar-refractivity contribution in [2.24, 2.45) is 0 Å². The molecule has 0 radical (unpaired) electrons. The Bertz CT molecular complexity index is 412. The van der Waals surface area contributed by atoms with E-state index < -0.39 is 17.6 Å². The normalized spacial score (nSPS) is 9.79. The second-order valence-electron chi connectivity index (χ2n) is 2.68. The Balaban J connectivity index is 3.43. The van der Waals surface area contributed by atoms with E-state index in [-0.39, 0.29) is 16.0 Å². The number of aromatic nitrogens is 1. The number of hydrogen-bond acceptors (Lipinski definition) is 3. The molecule has 0 aliphatic carbocycles. The lowest BCUT2D eigenvalue weighted by molar-refractivity contribution is -0.615. The summed E-state index contributed by atoms with van der Waals surface area (Å²) in [6.45, 7) is 1.34. The highest BCUT2D eigenvalue weighted by atomic mass is 16.5. The predicted octanol–water partition coefficient (Wildman–Crippen LogP) is 0.0248. The van der Waals surface area contributed by atoms with Crippen molar-refractivity contribution in [1.29, 1.82) is 0 Å². The van der Waals surface area contributed by atoms with E-state index in [2.05, 4.69) is 0 Å². The van der Waals surface area contributed by atoms with Crippen LogP contribution >= 0.6 is 0 Å². The van der Waals surface area contributed by atoms with Crippen molar-refractivity contribution in [3.8, 4) is 0 Å². The number of aryl methyl sites for hydroxylation is 1. The molecule has 0 bridgehead atoms. The van der Waals surface area contributed by atoms with Gasteiger partial charge in [-0.2, -0.15) is 4.73 Å². The lowest BCUT2D eigenvalue weighted by Crippen LogP contribution is -2.38. The van der Waals surface area contributed by atoms with Gasteiger partial charge in [-0.15, -0.1) is 0 Å². The zero-order chi connectivity index (χ0) is 10.9. The van der Waals surface area contributed by atoms with Crippen LogP contribution in [0.4, 0.5) is 0 Å². The minimum atomic E-state index is -1.45. The van der Waals surface area contributed by atoms with Crippen LogP contribution in [-0.2, 0) is 0 Å². The molecule has 0 aliphatic rings. The molecule has 0 saturated carbocycles. The zero-order valence-corrected chi connectivity index (χ0v) is 7.22. The molecule has 0 aromatic carbocycles. The van der Waals surface area contributed by atoms with E-state index in [0.717, 1.165) is 12.1 Å². The summed E-state index contributed by atoms with van der Waals surface area (Å²) in [5.74, 6) is -2.72. The molecule has 1 aromatic heterocycles. The molecule has 6 nitrogen and oxygen atoms in total. The maximum absolute atomic E-state index is 11.1. The van der Waals surface area contributed by atoms with Gasteiger partial charge >= 0.3 is 17.6 Å². The van der Waals surface area contributed by atoms with Gasteiger partial charge in [0.1, 0.15) is 0 Å². The first-order valence-electron chi connectivity index (χ1n) is 3.64. The number of pyridine rings is 1. The Kier molecular flexibility index (Phi) is 2.37. The summed E-state index contributed by atoms with van der Waals surface area (Å²) >= 11 is 0. The van der Waals surface area contributed by atoms with Gasteiger partial charge in [0.05, 0.1) is 5.56 Å². The monoisotopic (exact) mass is 197 g/mol. The third-order valence-electron chi connectivity index (χ3n) is 1.66. The van der Waals surface area contributed by atoms with Crippen molar-refractivity contribution in [3.05, 3.63) is 34.3 Å². The Hall–Kier alpha value is -2.11. The number of carboxylic acids is 2. The van der Waals surface area contributed by atoms with E-state index >= 15 is 0 Å². The molecule has 0 fully saturated rings. The molecule has 0 aliphatic heterocycles. The van der Waals surface area contributed by atoms with Crippen LogP contribution in [0.1, 0.15) is 26.5 Å². The van der Waals surface area contributed by atoms with Crippen molar-refractivity contribution >= 4 is 11.9 Å². The van der Waals surface area contributed by atoms with Crippen LogP contribution < -0.4 is 4.73 Å². The van der Waals surface area contributed by atoms with E-state index in [4.69, 9.17) is 10.2 Å². The predicted molar refractivity (Wildman–Crippen MR) is 44.1 cm³/mol. The van der Waals surface area contributed by atoms with Crippen LogP contribution in [0.3, 0.4) is 0 Å². The number of hydrogen-bond donors (Lipinski definition) is 2. The molecule has 1 aromatic rings. The van der Waals surface area contributed by atoms with Crippen LogP contribution in [-0.4, -0.2) is 22.2 Å². The molecule has 2 N–H and O–H groups in total. The standard InChI is InChI=1S/C8H7NO5/c1-4-2-5(7(10)11)3-6(8(12)13)9(4)14/h2-3H,1H3,(H,10,11)(H,12,13). The largest absolute Gasteiger partial charge is 0.618 e. The molecule has 1 rings (SSSR count). The van der Waals surface area contributed by atoms with Gasteiger partial charge in [-0.3, -0.25) is 0 Å². The maximum atomic E-state index is 11.1. The van der Waals surface area contributed by atoms with Gasteiger partial charge in [0, 0.05) is 19.1 Å². The molecule has 1 heterocycles. The topological polar surface area (TPSA) is 102 Å². The fraction of sp³-hybridized carbons (Fsp3) is 0.125. The Morgan fingerprint density at radius 2 is 1.86 bits per heavy atom. The van der Waals surface area contributed by atoms with Gasteiger partial charge in [-0.1, -0.05) is 0 Å². The van der Waals surface area contributed by atoms with Gasteiger partial charge in [0.2, 0.25) is 0 Å². The van der Waals surface area contributed by atoms with Gasteiger partial charge in [0.15, 0.2) is 5.69 Å². The highest BCUT2D eigenvalue weighted by Gasteiger charge is 2.20. The second kappa shape index (κ2) is 3.33. The fourth-order valence-corrected chi connectivity index (χ4v) is 0.993. The molecule has 0 unspecified atom stereocenters. The lowest BCUT2D eigenvalue weighted by atomic mass is 10.2. The van der Waals surface area contributed by atoms with Crippen LogP contribution in [0.5, 0.6) is 0 Å². The number of aromatic carboxylic acids is 2. The molecule has 74 valence electrons. The van der Waals surface area contributed by atoms with Crippen molar-refractivity contribution in [1.82, 2.24) is 0 Å². The molecule has 0 saturated heterocycles. The van der Waals surface area contributed by atoms with Crippen molar-refractivity contribution in [2.45, 2.75) is 6.92 Å². The van der Waals surface area contributed by atoms with Gasteiger partial charge in [0.25, 0.3) is 0 Å². The Morgan fingerprint density at radius 1 is 1.29 bits per heavy atom. The van der Waals surface area contributed by atoms with Gasteiger partial charge in [-0.05, 0) is 0 Å². The molecule has 14 heavy (non-hydrogen) atoms. The van der Waals surface area contributed by atoms with Gasteiger partial charge in [-0.25, -0.2) is 9.59 Å². The number of rotatable bonds is 2. The Labute approximate surface area is 78.6 Å². The highest BCUT2D eigenvalue weighted by molar-refractivity contribution is 5.91. The van der Waals surface area contributed by atoms with Crippen LogP contribution in [0.15, 0.2) is 12.1 Å². The number of carbonyl (C=O) groups is 2. The van der Waals surface area contributed by atoms with E-state index in [1.165, 1.54) is 6.92 Å². The molecular formula is C8H7NO5. The summed E-state index contributed by atoms with van der Waals surface area (Å²) in [5, 5.41) is 28.3. The quantitative estimate of drug-likeness (QED) is 0.514. The van der Waals surface area contributed by atoms with Crippen molar-refractivity contribution in [3.63, 3.8) is 0 Å². The number of carboxylic acid groups (broad SMARTS) is 2. The Morgan fingerprint density at radius 3 is 2.29 bits per heavy atom. The first-order valence-corrected chi connectivity index (χ1v) is 3.64. The summed E-state index contributed by atoms with van der Waals surface area (Å²) in [5.41, 5.74) is -0.781. The molecule has 0 amide bonds. The smallest absolute Gasteiger partial charge is 0.402 e. The van der Waals surface area contributed by atoms with E-state index in [0.29, 0.717) is 0 Å². The minimum Gasteiger partial charge on any atom is -0.618 e. The molecular weight excluding hydrogens is 190 g/mol. The summed E-state index contributed by atoms with van der Waals surface area (Å²) in [6, 6.07) is 1.94. The lowest BCUT2D eigenvalue weighted by Gasteiger charge is -2.04. The third-order valence-corrected chi connectivity index (χ3v) is 1.66. The average Bonchev–Trinajstić information content (AvgIpc) is 2.08. The van der Waals surface area contributed by atoms with E-state index in [9.17, 15) is 14.8 Å². The molecule has 0 spiro atoms. The first kappa shape index (κ1) is 9.97. The van der Waals surface area contributed by atoms with Crippen LogP contribution in [0.2, 0.25) is 0 Å². The summed E-state index contributed by atoms with van der Waals surface area (Å²) < 4.78 is 0.175. The third kappa shape index (κ3) is 1.63. The molecule has 6 heteroatoms. The average molecular weight is 197 g/mol. The fourth-order valence-electron chi connectivity index (χ4n) is 0.993. The SMILES string of the molecule is Cc1cc(C(=O)O)cc(C(=O)O)[n+]1[O-]. The van der Waals surface area contributed by atoms with E-state index in [1.54, 1.807) is 0 Å². The maximum Gasteiger partial charge on any atom is 0.402 e. The van der Waals surface area contributed by atoms with Gasteiger partial charge < -0.3 is 15.4 Å². The van der Waals surface area contributed by atoms with E-state index in [1.807, 2.05) is 0 Å². The molecule has 0 atom stereocenters. The summed E-state index contributed by atoms with van der Waals surface area (Å²) in [4.78, 5) is 21.1. The summed E-state index contributed by atoms with van der Waals surface area (Å²) in [6.07, 6.45) is 0. The summed E-state index contributed by atoms with van der Waals surface area (Å²) in [7, 11) is 0. The second-order valence-corrected chi connectivity index (χ2v) is 2.68. The van der Waals surface area contributed by atoms with Crippen LogP contribution in [0, 0.1) is 12.1 Å².